The summed E-state index contributed by atoms with van der Waals surface area (Å²) in [6.07, 6.45) is 1.40. The zero-order chi connectivity index (χ0) is 11.5. The number of hydrogen-bond donors (Lipinski definition) is 1. The van der Waals surface area contributed by atoms with E-state index in [-0.39, 0.29) is 12.3 Å². The normalized spacial score (nSPS) is 10.4. The molecule has 0 aliphatic heterocycles. The maximum Gasteiger partial charge on any atom is 0.178 e. The number of carbonyl (C=O) groups excluding carboxylic acids is 1. The van der Waals surface area contributed by atoms with Crippen LogP contribution in [0.2, 0.25) is 5.02 Å². The van der Waals surface area contributed by atoms with E-state index >= 15 is 0 Å². The van der Waals surface area contributed by atoms with Gasteiger partial charge in [0.05, 0.1) is 12.2 Å². The molecule has 2 N–H and O–H groups in total. The summed E-state index contributed by atoms with van der Waals surface area (Å²) < 4.78 is 1.39. The number of halogens is 1. The number of carbonyl (C=O) groups is 1. The van der Waals surface area contributed by atoms with Crippen LogP contribution in [0.5, 0.6) is 0 Å². The molecule has 7 heteroatoms. The molecule has 1 heterocycles. The van der Waals surface area contributed by atoms with Crippen LogP contribution in [-0.2, 0) is 0 Å². The van der Waals surface area contributed by atoms with Gasteiger partial charge >= 0.3 is 0 Å². The lowest BCUT2D eigenvalue weighted by Gasteiger charge is -2.06. The molecule has 6 nitrogen and oxygen atoms in total. The molecular weight excluding hydrogens is 230 g/mol. The zero-order valence-electron chi connectivity index (χ0n) is 8.17. The fraction of sp³-hybridized carbons (Fsp3) is 0.111. The molecule has 0 aliphatic rings. The van der Waals surface area contributed by atoms with Gasteiger partial charge in [-0.05, 0) is 28.6 Å². The summed E-state index contributed by atoms with van der Waals surface area (Å²) in [5.41, 5.74) is 6.29. The van der Waals surface area contributed by atoms with E-state index in [1.807, 2.05) is 0 Å². The van der Waals surface area contributed by atoms with Crippen molar-refractivity contribution in [3.05, 3.63) is 35.1 Å². The number of Topliss-reactive ketones (excluding diaryl/α,β-unsaturated/α-hetero) is 1. The van der Waals surface area contributed by atoms with E-state index in [1.54, 1.807) is 18.2 Å². The van der Waals surface area contributed by atoms with Gasteiger partial charge in [0.15, 0.2) is 5.78 Å². The van der Waals surface area contributed by atoms with Crippen molar-refractivity contribution in [1.82, 2.24) is 20.2 Å². The number of aromatic nitrogens is 4. The average Bonchev–Trinajstić information content (AvgIpc) is 2.81. The Balaban J connectivity index is 2.57. The Labute approximate surface area is 96.0 Å². The van der Waals surface area contributed by atoms with Crippen molar-refractivity contribution >= 4 is 17.4 Å². The molecule has 0 spiro atoms. The Morgan fingerprint density at radius 2 is 2.31 bits per heavy atom. The first-order valence-electron chi connectivity index (χ1n) is 4.48. The minimum absolute atomic E-state index is 0.0878. The van der Waals surface area contributed by atoms with Gasteiger partial charge in [0, 0.05) is 10.6 Å². The highest BCUT2D eigenvalue weighted by Crippen LogP contribution is 2.19. The highest BCUT2D eigenvalue weighted by molar-refractivity contribution is 6.31. The fourth-order valence-electron chi connectivity index (χ4n) is 1.31. The maximum atomic E-state index is 11.6. The minimum Gasteiger partial charge on any atom is -0.324 e. The summed E-state index contributed by atoms with van der Waals surface area (Å²) in [6.45, 7) is -0.0878. The number of ketones is 1. The number of rotatable bonds is 3. The van der Waals surface area contributed by atoms with E-state index in [9.17, 15) is 4.79 Å². The Morgan fingerprint density at radius 1 is 1.50 bits per heavy atom. The first-order valence-corrected chi connectivity index (χ1v) is 4.86. The highest BCUT2D eigenvalue weighted by Gasteiger charge is 2.12. The molecule has 0 bridgehead atoms. The van der Waals surface area contributed by atoms with Crippen molar-refractivity contribution in [2.24, 2.45) is 5.73 Å². The standard InChI is InChI=1S/C9H8ClN5O/c10-6-1-2-8(15-5-12-13-14-15)7(3-6)9(16)4-11/h1-3,5H,4,11H2. The third-order valence-corrected chi connectivity index (χ3v) is 2.28. The molecule has 82 valence electrons. The number of hydrogen-bond acceptors (Lipinski definition) is 5. The van der Waals surface area contributed by atoms with Crippen LogP contribution in [0.1, 0.15) is 10.4 Å². The lowest BCUT2D eigenvalue weighted by molar-refractivity contribution is 0.100. The van der Waals surface area contributed by atoms with Gasteiger partial charge in [-0.15, -0.1) is 5.10 Å². The van der Waals surface area contributed by atoms with Crippen LogP contribution in [0.25, 0.3) is 5.69 Å². The number of benzene rings is 1. The van der Waals surface area contributed by atoms with Crippen molar-refractivity contribution in [1.29, 1.82) is 0 Å². The van der Waals surface area contributed by atoms with Crippen LogP contribution in [0.15, 0.2) is 24.5 Å². The molecular formula is C9H8ClN5O. The molecule has 2 rings (SSSR count). The second kappa shape index (κ2) is 4.38. The number of nitrogens with two attached hydrogens (primary N) is 1. The summed E-state index contributed by atoms with van der Waals surface area (Å²) in [5, 5.41) is 11.2. The SMILES string of the molecule is NCC(=O)c1cc(Cl)ccc1-n1cnnn1. The van der Waals surface area contributed by atoms with E-state index < -0.39 is 0 Å². The van der Waals surface area contributed by atoms with Crippen LogP contribution in [0.3, 0.4) is 0 Å². The van der Waals surface area contributed by atoms with Crippen molar-refractivity contribution in [3.8, 4) is 5.69 Å². The molecule has 16 heavy (non-hydrogen) atoms. The molecule has 0 saturated carbocycles. The fourth-order valence-corrected chi connectivity index (χ4v) is 1.49. The highest BCUT2D eigenvalue weighted by atomic mass is 35.5. The lowest BCUT2D eigenvalue weighted by atomic mass is 10.1. The van der Waals surface area contributed by atoms with Crippen molar-refractivity contribution in [2.45, 2.75) is 0 Å². The molecule has 0 saturated heterocycles. The van der Waals surface area contributed by atoms with Gasteiger partial charge in [-0.2, -0.15) is 4.68 Å². The molecule has 0 aliphatic carbocycles. The van der Waals surface area contributed by atoms with E-state index in [2.05, 4.69) is 15.5 Å². The van der Waals surface area contributed by atoms with Gasteiger partial charge in [-0.1, -0.05) is 11.6 Å². The smallest absolute Gasteiger partial charge is 0.178 e. The van der Waals surface area contributed by atoms with Crippen molar-refractivity contribution < 1.29 is 4.79 Å². The summed E-state index contributed by atoms with van der Waals surface area (Å²) in [5.74, 6) is -0.215. The molecule has 0 unspecified atom stereocenters. The molecule has 1 aromatic carbocycles. The topological polar surface area (TPSA) is 86.7 Å². The maximum absolute atomic E-state index is 11.6. The third-order valence-electron chi connectivity index (χ3n) is 2.04. The largest absolute Gasteiger partial charge is 0.324 e. The van der Waals surface area contributed by atoms with E-state index in [0.717, 1.165) is 0 Å². The minimum atomic E-state index is -0.215. The summed E-state index contributed by atoms with van der Waals surface area (Å²) in [4.78, 5) is 11.6. The molecule has 0 atom stereocenters. The van der Waals surface area contributed by atoms with Crippen LogP contribution in [-0.4, -0.2) is 32.5 Å². The van der Waals surface area contributed by atoms with Crippen molar-refractivity contribution in [3.63, 3.8) is 0 Å². The Bertz CT molecular complexity index is 511. The Kier molecular flexibility index (Phi) is 2.93. The van der Waals surface area contributed by atoms with E-state index in [4.69, 9.17) is 17.3 Å². The van der Waals surface area contributed by atoms with Crippen LogP contribution < -0.4 is 5.73 Å². The lowest BCUT2D eigenvalue weighted by Crippen LogP contribution is -2.16. The monoisotopic (exact) mass is 237 g/mol. The molecule has 2 aromatic rings. The van der Waals surface area contributed by atoms with Gasteiger partial charge in [-0.25, -0.2) is 0 Å². The Hall–Kier alpha value is -1.79. The molecule has 1 aromatic heterocycles. The van der Waals surface area contributed by atoms with Gasteiger partial charge in [0.2, 0.25) is 0 Å². The summed E-state index contributed by atoms with van der Waals surface area (Å²) in [7, 11) is 0. The second-order valence-electron chi connectivity index (χ2n) is 3.04. The van der Waals surface area contributed by atoms with Crippen LogP contribution >= 0.6 is 11.6 Å². The second-order valence-corrected chi connectivity index (χ2v) is 3.48. The van der Waals surface area contributed by atoms with Crippen molar-refractivity contribution in [2.75, 3.05) is 6.54 Å². The van der Waals surface area contributed by atoms with Gasteiger partial charge in [0.1, 0.15) is 6.33 Å². The quantitative estimate of drug-likeness (QED) is 0.784. The molecule has 0 amide bonds. The predicted octanol–water partition coefficient (Wildman–Crippen LogP) is 0.457. The van der Waals surface area contributed by atoms with Gasteiger partial charge < -0.3 is 5.73 Å². The molecule has 0 radical (unpaired) electrons. The predicted molar refractivity (Wildman–Crippen MR) is 57.5 cm³/mol. The molecule has 0 fully saturated rings. The first-order chi connectivity index (χ1) is 7.72. The zero-order valence-corrected chi connectivity index (χ0v) is 8.92. The van der Waals surface area contributed by atoms with Gasteiger partial charge in [0.25, 0.3) is 0 Å². The van der Waals surface area contributed by atoms with Crippen LogP contribution in [0, 0.1) is 0 Å². The first kappa shape index (κ1) is 10.7. The summed E-state index contributed by atoms with van der Waals surface area (Å²) in [6, 6.07) is 4.88. The Morgan fingerprint density at radius 3 is 2.94 bits per heavy atom. The van der Waals surface area contributed by atoms with Gasteiger partial charge in [-0.3, -0.25) is 4.79 Å². The van der Waals surface area contributed by atoms with E-state index in [1.165, 1.54) is 11.0 Å². The van der Waals surface area contributed by atoms with Crippen LogP contribution in [0.4, 0.5) is 0 Å². The number of nitrogens with zero attached hydrogens (tertiary/aromatic N) is 4. The third kappa shape index (κ3) is 1.93. The summed E-state index contributed by atoms with van der Waals surface area (Å²) >= 11 is 5.83. The number of tetrazole rings is 1. The average molecular weight is 238 g/mol. The van der Waals surface area contributed by atoms with E-state index in [0.29, 0.717) is 16.3 Å².